The summed E-state index contributed by atoms with van der Waals surface area (Å²) in [6, 6.07) is 11.4. The number of carbonyl (C=O) groups excluding carboxylic acids is 2. The first-order valence-electron chi connectivity index (χ1n) is 12.0. The molecular formula is C26H34FN3O5S. The molecule has 1 unspecified atom stereocenters. The molecule has 1 atom stereocenters. The fourth-order valence-corrected chi connectivity index (χ4v) is 5.18. The Bertz CT molecular complexity index is 1170. The molecule has 1 fully saturated rings. The normalized spacial score (nSPS) is 15.1. The Labute approximate surface area is 212 Å². The number of nitrogens with one attached hydrogen (secondary N) is 1. The molecule has 3 rings (SSSR count). The third-order valence-corrected chi connectivity index (χ3v) is 7.58. The molecule has 1 aliphatic carbocycles. The van der Waals surface area contributed by atoms with E-state index in [0.29, 0.717) is 5.75 Å². The van der Waals surface area contributed by atoms with Crippen LogP contribution in [-0.4, -0.2) is 57.1 Å². The number of rotatable bonds is 10. The van der Waals surface area contributed by atoms with E-state index in [1.54, 1.807) is 37.3 Å². The Morgan fingerprint density at radius 1 is 1.11 bits per heavy atom. The maximum Gasteiger partial charge on any atom is 0.244 e. The molecule has 196 valence electrons. The Morgan fingerprint density at radius 3 is 2.44 bits per heavy atom. The number of methoxy groups -OCH3 is 1. The van der Waals surface area contributed by atoms with Gasteiger partial charge in [0, 0.05) is 24.2 Å². The van der Waals surface area contributed by atoms with Gasteiger partial charge in [-0.3, -0.25) is 13.9 Å². The minimum absolute atomic E-state index is 0.0309. The van der Waals surface area contributed by atoms with Crippen molar-refractivity contribution in [3.05, 3.63) is 59.9 Å². The van der Waals surface area contributed by atoms with Gasteiger partial charge in [-0.1, -0.05) is 43.5 Å². The van der Waals surface area contributed by atoms with E-state index in [1.807, 2.05) is 0 Å². The predicted octanol–water partition coefficient (Wildman–Crippen LogP) is 3.47. The lowest BCUT2D eigenvalue weighted by atomic mass is 9.95. The van der Waals surface area contributed by atoms with Crippen molar-refractivity contribution in [2.24, 2.45) is 0 Å². The lowest BCUT2D eigenvalue weighted by Gasteiger charge is -2.33. The number of nitrogens with zero attached hydrogens (tertiary/aromatic N) is 2. The second kappa shape index (κ2) is 12.2. The minimum Gasteiger partial charge on any atom is -0.497 e. The van der Waals surface area contributed by atoms with Crippen molar-refractivity contribution in [2.75, 3.05) is 24.2 Å². The van der Waals surface area contributed by atoms with Crippen LogP contribution in [0.1, 0.15) is 44.6 Å². The fraction of sp³-hybridized carbons (Fsp3) is 0.462. The summed E-state index contributed by atoms with van der Waals surface area (Å²) >= 11 is 0. The molecule has 1 N–H and O–H groups in total. The van der Waals surface area contributed by atoms with Crippen molar-refractivity contribution < 1.29 is 27.1 Å². The van der Waals surface area contributed by atoms with Gasteiger partial charge in [0.15, 0.2) is 0 Å². The standard InChI is InChI=1S/C26H34FN3O5S/c1-19(26(32)28-21-11-5-4-6-12-21)29(17-20-10-7-8-15-24(20)27)25(31)18-30(36(3,33)34)22-13-9-14-23(16-22)35-2/h7-10,13-16,19,21H,4-6,11-12,17-18H2,1-3H3,(H,28,32). The summed E-state index contributed by atoms with van der Waals surface area (Å²) in [4.78, 5) is 27.9. The summed E-state index contributed by atoms with van der Waals surface area (Å²) in [5.41, 5.74) is 0.478. The molecule has 0 aromatic heterocycles. The van der Waals surface area contributed by atoms with Crippen LogP contribution in [0.5, 0.6) is 5.75 Å². The summed E-state index contributed by atoms with van der Waals surface area (Å²) in [7, 11) is -2.41. The average Bonchev–Trinajstić information content (AvgIpc) is 2.86. The van der Waals surface area contributed by atoms with E-state index in [9.17, 15) is 22.4 Å². The molecular weight excluding hydrogens is 485 g/mol. The third-order valence-electron chi connectivity index (χ3n) is 6.44. The number of carbonyl (C=O) groups is 2. The predicted molar refractivity (Wildman–Crippen MR) is 137 cm³/mol. The van der Waals surface area contributed by atoms with Gasteiger partial charge in [-0.25, -0.2) is 12.8 Å². The number of ether oxygens (including phenoxy) is 1. The van der Waals surface area contributed by atoms with E-state index in [-0.39, 0.29) is 29.7 Å². The first kappa shape index (κ1) is 27.4. The molecule has 10 heteroatoms. The number of anilines is 1. The summed E-state index contributed by atoms with van der Waals surface area (Å²) in [6.45, 7) is 0.842. The zero-order chi connectivity index (χ0) is 26.3. The monoisotopic (exact) mass is 519 g/mol. The topological polar surface area (TPSA) is 96.0 Å². The van der Waals surface area contributed by atoms with Gasteiger partial charge in [0.2, 0.25) is 21.8 Å². The molecule has 0 radical (unpaired) electrons. The number of sulfonamides is 1. The highest BCUT2D eigenvalue weighted by Gasteiger charge is 2.31. The molecule has 2 aromatic carbocycles. The van der Waals surface area contributed by atoms with Crippen molar-refractivity contribution in [3.63, 3.8) is 0 Å². The van der Waals surface area contributed by atoms with E-state index < -0.39 is 34.3 Å². The summed E-state index contributed by atoms with van der Waals surface area (Å²) in [5, 5.41) is 3.01. The molecule has 0 spiro atoms. The lowest BCUT2D eigenvalue weighted by molar-refractivity contribution is -0.139. The Balaban J connectivity index is 1.89. The summed E-state index contributed by atoms with van der Waals surface area (Å²) in [5.74, 6) is -1.06. The fourth-order valence-electron chi connectivity index (χ4n) is 4.34. The van der Waals surface area contributed by atoms with Gasteiger partial charge in [0.1, 0.15) is 24.2 Å². The smallest absolute Gasteiger partial charge is 0.244 e. The van der Waals surface area contributed by atoms with Crippen LogP contribution >= 0.6 is 0 Å². The molecule has 8 nitrogen and oxygen atoms in total. The van der Waals surface area contributed by atoms with Crippen molar-refractivity contribution >= 4 is 27.5 Å². The van der Waals surface area contributed by atoms with Crippen LogP contribution in [0.2, 0.25) is 0 Å². The second-order valence-corrected chi connectivity index (χ2v) is 11.0. The van der Waals surface area contributed by atoms with Gasteiger partial charge in [-0.2, -0.15) is 0 Å². The third kappa shape index (κ3) is 7.19. The first-order valence-corrected chi connectivity index (χ1v) is 13.9. The minimum atomic E-state index is -3.87. The molecule has 0 aliphatic heterocycles. The van der Waals surface area contributed by atoms with Crippen molar-refractivity contribution in [1.82, 2.24) is 10.2 Å². The molecule has 0 bridgehead atoms. The number of hydrogen-bond donors (Lipinski definition) is 1. The van der Waals surface area contributed by atoms with E-state index >= 15 is 0 Å². The number of amides is 2. The molecule has 2 aromatic rings. The number of halogens is 1. The van der Waals surface area contributed by atoms with Crippen LogP contribution in [0.15, 0.2) is 48.5 Å². The average molecular weight is 520 g/mol. The summed E-state index contributed by atoms with van der Waals surface area (Å²) in [6.07, 6.45) is 5.93. The van der Waals surface area contributed by atoms with Gasteiger partial charge in [-0.15, -0.1) is 0 Å². The van der Waals surface area contributed by atoms with Gasteiger partial charge >= 0.3 is 0 Å². The largest absolute Gasteiger partial charge is 0.497 e. The van der Waals surface area contributed by atoms with Gasteiger partial charge in [-0.05, 0) is 38.0 Å². The van der Waals surface area contributed by atoms with Crippen molar-refractivity contribution in [3.8, 4) is 5.75 Å². The molecule has 36 heavy (non-hydrogen) atoms. The molecule has 0 saturated heterocycles. The first-order chi connectivity index (χ1) is 17.1. The van der Waals surface area contributed by atoms with Crippen LogP contribution < -0.4 is 14.4 Å². The zero-order valence-corrected chi connectivity index (χ0v) is 21.8. The second-order valence-electron chi connectivity index (χ2n) is 9.10. The van der Waals surface area contributed by atoms with Gasteiger partial charge < -0.3 is 15.0 Å². The Hall–Kier alpha value is -3.14. The maximum atomic E-state index is 14.5. The zero-order valence-electron chi connectivity index (χ0n) is 20.9. The highest BCUT2D eigenvalue weighted by atomic mass is 32.2. The summed E-state index contributed by atoms with van der Waals surface area (Å²) < 4.78 is 45.9. The highest BCUT2D eigenvalue weighted by molar-refractivity contribution is 7.92. The number of hydrogen-bond acceptors (Lipinski definition) is 5. The van der Waals surface area contributed by atoms with Crippen LogP contribution in [0, 0.1) is 5.82 Å². The van der Waals surface area contributed by atoms with Crippen LogP contribution in [-0.2, 0) is 26.2 Å². The van der Waals surface area contributed by atoms with Crippen LogP contribution in [0.4, 0.5) is 10.1 Å². The molecule has 2 amide bonds. The van der Waals surface area contributed by atoms with E-state index in [4.69, 9.17) is 4.74 Å². The van der Waals surface area contributed by atoms with E-state index in [1.165, 1.54) is 30.2 Å². The Kier molecular flexibility index (Phi) is 9.31. The van der Waals surface area contributed by atoms with E-state index in [2.05, 4.69) is 5.32 Å². The van der Waals surface area contributed by atoms with Crippen LogP contribution in [0.25, 0.3) is 0 Å². The Morgan fingerprint density at radius 2 is 1.81 bits per heavy atom. The highest BCUT2D eigenvalue weighted by Crippen LogP contribution is 2.24. The lowest BCUT2D eigenvalue weighted by Crippen LogP contribution is -2.53. The number of benzene rings is 2. The molecule has 1 saturated carbocycles. The van der Waals surface area contributed by atoms with Gasteiger partial charge in [0.05, 0.1) is 19.1 Å². The molecule has 0 heterocycles. The SMILES string of the molecule is COc1cccc(N(CC(=O)N(Cc2ccccc2F)C(C)C(=O)NC2CCCCC2)S(C)(=O)=O)c1. The molecule has 1 aliphatic rings. The van der Waals surface area contributed by atoms with Crippen molar-refractivity contribution in [2.45, 2.75) is 57.7 Å². The van der Waals surface area contributed by atoms with Gasteiger partial charge in [0.25, 0.3) is 0 Å². The van der Waals surface area contributed by atoms with Crippen LogP contribution in [0.3, 0.4) is 0 Å². The maximum absolute atomic E-state index is 14.5. The van der Waals surface area contributed by atoms with Crippen molar-refractivity contribution in [1.29, 1.82) is 0 Å². The quantitative estimate of drug-likeness (QED) is 0.519. The van der Waals surface area contributed by atoms with E-state index in [0.717, 1.165) is 42.7 Å².